The molecule has 7 nitrogen and oxygen atoms in total. The minimum Gasteiger partial charge on any atom is -0.378 e. The van der Waals surface area contributed by atoms with E-state index in [1.54, 1.807) is 19.1 Å². The van der Waals surface area contributed by atoms with Crippen LogP contribution in [0.5, 0.6) is 0 Å². The number of carbonyl (C=O) groups is 2. The van der Waals surface area contributed by atoms with Crippen LogP contribution < -0.4 is 10.2 Å². The lowest BCUT2D eigenvalue weighted by atomic mass is 10.1. The highest BCUT2D eigenvalue weighted by Crippen LogP contribution is 2.20. The quantitative estimate of drug-likeness (QED) is 0.349. The fourth-order valence-electron chi connectivity index (χ4n) is 3.43. The second-order valence-corrected chi connectivity index (χ2v) is 9.42. The average molecular weight is 496 g/mol. The molecule has 0 bridgehead atoms. The van der Waals surface area contributed by atoms with Gasteiger partial charge in [0.25, 0.3) is 0 Å². The zero-order chi connectivity index (χ0) is 25.5. The summed E-state index contributed by atoms with van der Waals surface area (Å²) in [6.45, 7) is 5.60. The molecule has 0 saturated carbocycles. The first-order valence-electron chi connectivity index (χ1n) is 11.2. The minimum atomic E-state index is -0.762. The number of amides is 2. The van der Waals surface area contributed by atoms with Crippen molar-refractivity contribution in [3.05, 3.63) is 77.4 Å². The first-order chi connectivity index (χ1) is 16.6. The predicted octanol–water partition coefficient (Wildman–Crippen LogP) is 4.45. The van der Waals surface area contributed by atoms with E-state index in [4.69, 9.17) is 0 Å². The number of aryl methyl sites for hydroxylation is 2. The molecule has 1 atom stereocenters. The summed E-state index contributed by atoms with van der Waals surface area (Å²) < 4.78 is 13.4. The normalized spacial score (nSPS) is 11.6. The third-order valence-corrected chi connectivity index (χ3v) is 6.20. The van der Waals surface area contributed by atoms with Gasteiger partial charge in [-0.25, -0.2) is 14.4 Å². The van der Waals surface area contributed by atoms with Crippen LogP contribution in [0.2, 0.25) is 0 Å². The fourth-order valence-corrected chi connectivity index (χ4v) is 4.26. The monoisotopic (exact) mass is 495 g/mol. The van der Waals surface area contributed by atoms with Crippen molar-refractivity contribution in [2.24, 2.45) is 0 Å². The van der Waals surface area contributed by atoms with Crippen LogP contribution >= 0.6 is 11.8 Å². The molecular weight excluding hydrogens is 465 g/mol. The Morgan fingerprint density at radius 3 is 2.17 bits per heavy atom. The van der Waals surface area contributed by atoms with Gasteiger partial charge in [-0.3, -0.25) is 9.59 Å². The van der Waals surface area contributed by atoms with Crippen molar-refractivity contribution in [3.63, 3.8) is 0 Å². The summed E-state index contributed by atoms with van der Waals surface area (Å²) in [6.07, 6.45) is 0. The molecule has 35 heavy (non-hydrogen) atoms. The zero-order valence-corrected chi connectivity index (χ0v) is 21.4. The maximum Gasteiger partial charge on any atom is 0.246 e. The number of aromatic nitrogens is 2. The number of halogens is 1. The van der Waals surface area contributed by atoms with Crippen molar-refractivity contribution < 1.29 is 14.0 Å². The number of hydrogen-bond donors (Lipinski definition) is 1. The van der Waals surface area contributed by atoms with E-state index in [0.717, 1.165) is 22.6 Å². The van der Waals surface area contributed by atoms with E-state index in [1.165, 1.54) is 28.8 Å². The lowest BCUT2D eigenvalue weighted by Gasteiger charge is -2.28. The van der Waals surface area contributed by atoms with Crippen LogP contribution in [0.4, 0.5) is 15.8 Å². The molecule has 9 heteroatoms. The Morgan fingerprint density at radius 2 is 1.60 bits per heavy atom. The molecule has 3 aromatic rings. The van der Waals surface area contributed by atoms with Crippen molar-refractivity contribution in [1.29, 1.82) is 0 Å². The molecule has 1 aromatic heterocycles. The number of nitrogens with zero attached hydrogens (tertiary/aromatic N) is 4. The van der Waals surface area contributed by atoms with Gasteiger partial charge in [0.15, 0.2) is 5.16 Å². The second kappa shape index (κ2) is 11.8. The summed E-state index contributed by atoms with van der Waals surface area (Å²) in [5.41, 5.74) is 4.02. The number of anilines is 2. The Balaban J connectivity index is 1.75. The summed E-state index contributed by atoms with van der Waals surface area (Å²) in [4.78, 5) is 38.5. The Kier molecular flexibility index (Phi) is 8.81. The Morgan fingerprint density at radius 1 is 1.00 bits per heavy atom. The molecule has 0 fully saturated rings. The van der Waals surface area contributed by atoms with Crippen LogP contribution in [-0.4, -0.2) is 52.6 Å². The molecule has 0 aliphatic heterocycles. The molecule has 0 aliphatic carbocycles. The van der Waals surface area contributed by atoms with E-state index in [2.05, 4.69) is 15.3 Å². The van der Waals surface area contributed by atoms with Crippen molar-refractivity contribution >= 4 is 35.0 Å². The molecule has 0 spiro atoms. The summed E-state index contributed by atoms with van der Waals surface area (Å²) >= 11 is 1.23. The molecule has 184 valence electrons. The molecule has 3 rings (SSSR count). The van der Waals surface area contributed by atoms with Crippen molar-refractivity contribution in [2.75, 3.05) is 30.1 Å². The summed E-state index contributed by atoms with van der Waals surface area (Å²) in [5, 5.41) is 3.39. The third-order valence-electron chi connectivity index (χ3n) is 5.37. The van der Waals surface area contributed by atoms with Gasteiger partial charge < -0.3 is 15.1 Å². The van der Waals surface area contributed by atoms with Gasteiger partial charge in [0, 0.05) is 43.4 Å². The number of hydrogen-bond acceptors (Lipinski definition) is 6. The van der Waals surface area contributed by atoms with Gasteiger partial charge >= 0.3 is 0 Å². The lowest BCUT2D eigenvalue weighted by molar-refractivity contribution is -0.136. The average Bonchev–Trinajstić information content (AvgIpc) is 2.81. The largest absolute Gasteiger partial charge is 0.378 e. The van der Waals surface area contributed by atoms with Crippen LogP contribution in [0.15, 0.2) is 59.8 Å². The number of nitrogens with one attached hydrogen (secondary N) is 1. The van der Waals surface area contributed by atoms with Crippen molar-refractivity contribution in [3.8, 4) is 0 Å². The smallest absolute Gasteiger partial charge is 0.246 e. The third kappa shape index (κ3) is 7.51. The topological polar surface area (TPSA) is 78.4 Å². The highest BCUT2D eigenvalue weighted by atomic mass is 32.2. The lowest BCUT2D eigenvalue weighted by Crippen LogP contribution is -2.46. The molecule has 2 amide bonds. The number of benzene rings is 2. The van der Waals surface area contributed by atoms with E-state index >= 15 is 0 Å². The summed E-state index contributed by atoms with van der Waals surface area (Å²) in [7, 11) is 3.88. The van der Waals surface area contributed by atoms with Gasteiger partial charge in [-0.2, -0.15) is 0 Å². The van der Waals surface area contributed by atoms with E-state index in [0.29, 0.717) is 10.8 Å². The van der Waals surface area contributed by atoms with Gasteiger partial charge in [-0.1, -0.05) is 23.9 Å². The van der Waals surface area contributed by atoms with Gasteiger partial charge in [-0.05, 0) is 68.8 Å². The van der Waals surface area contributed by atoms with Crippen molar-refractivity contribution in [2.45, 2.75) is 38.5 Å². The predicted molar refractivity (Wildman–Crippen MR) is 138 cm³/mol. The number of thioether (sulfide) groups is 1. The van der Waals surface area contributed by atoms with Crippen molar-refractivity contribution in [1.82, 2.24) is 14.9 Å². The molecule has 1 unspecified atom stereocenters. The van der Waals surface area contributed by atoms with E-state index < -0.39 is 6.04 Å². The Bertz CT molecular complexity index is 1150. The van der Waals surface area contributed by atoms with Gasteiger partial charge in [0.2, 0.25) is 11.8 Å². The first-order valence-corrected chi connectivity index (χ1v) is 12.2. The van der Waals surface area contributed by atoms with E-state index in [1.807, 2.05) is 63.2 Å². The zero-order valence-electron chi connectivity index (χ0n) is 20.6. The maximum atomic E-state index is 13.4. The van der Waals surface area contributed by atoms with Gasteiger partial charge in [-0.15, -0.1) is 0 Å². The van der Waals surface area contributed by atoms with Gasteiger partial charge in [0.05, 0.1) is 5.75 Å². The molecule has 1 N–H and O–H groups in total. The van der Waals surface area contributed by atoms with E-state index in [9.17, 15) is 14.0 Å². The summed E-state index contributed by atoms with van der Waals surface area (Å²) in [5.74, 6) is -0.848. The molecule has 1 heterocycles. The minimum absolute atomic E-state index is 0.0687. The highest BCUT2D eigenvalue weighted by molar-refractivity contribution is 7.99. The molecule has 0 saturated heterocycles. The molecule has 0 aliphatic rings. The van der Waals surface area contributed by atoms with Gasteiger partial charge in [0.1, 0.15) is 11.9 Å². The van der Waals surface area contributed by atoms with Crippen LogP contribution in [0.25, 0.3) is 0 Å². The molecule has 0 radical (unpaired) electrons. The molecule has 2 aromatic carbocycles. The highest BCUT2D eigenvalue weighted by Gasteiger charge is 2.26. The fraction of sp³-hybridized carbons (Fsp3) is 0.308. The van der Waals surface area contributed by atoms with Crippen LogP contribution in [0.1, 0.15) is 23.9 Å². The van der Waals surface area contributed by atoms with Crippen LogP contribution in [0.3, 0.4) is 0 Å². The molecular formula is C26H30FN5O2S. The van der Waals surface area contributed by atoms with E-state index in [-0.39, 0.29) is 29.9 Å². The van der Waals surface area contributed by atoms with Crippen LogP contribution in [-0.2, 0) is 16.1 Å². The SMILES string of the molecule is Cc1cc(C)nc(SCC(=O)N(Cc2ccc(F)cc2)C(C)C(=O)Nc2ccc(N(C)C)cc2)n1. The standard InChI is InChI=1S/C26H30FN5O2S/c1-17-14-18(2)29-26(28-17)35-16-24(33)32(15-20-6-8-21(27)9-7-20)19(3)25(34)30-22-10-12-23(13-11-22)31(4)5/h6-14,19H,15-16H2,1-5H3,(H,30,34). The second-order valence-electron chi connectivity index (χ2n) is 8.48. The number of carbonyl (C=O) groups excluding carboxylic acids is 2. The Labute approximate surface area is 209 Å². The van der Waals surface area contributed by atoms with Crippen LogP contribution in [0, 0.1) is 19.7 Å². The maximum absolute atomic E-state index is 13.4. The Hall–Kier alpha value is -3.46. The number of rotatable bonds is 9. The summed E-state index contributed by atoms with van der Waals surface area (Å²) in [6, 6.07) is 14.5. The first kappa shape index (κ1) is 26.2.